The highest BCUT2D eigenvalue weighted by Crippen LogP contribution is 2.30. The van der Waals surface area contributed by atoms with E-state index in [1.807, 2.05) is 0 Å². The van der Waals surface area contributed by atoms with Crippen LogP contribution in [0.2, 0.25) is 0 Å². The highest BCUT2D eigenvalue weighted by Gasteiger charge is 2.44. The SMILES string of the molecule is COc1ccccc1[C@@H](CO)[C@H](NC(=O)C(F)(F)F)C(=O)OC(C)(C)C. The van der Waals surface area contributed by atoms with Gasteiger partial charge in [0.25, 0.3) is 0 Å². The first-order valence-electron chi connectivity index (χ1n) is 7.75. The smallest absolute Gasteiger partial charge is 0.471 e. The third-order valence-corrected chi connectivity index (χ3v) is 3.34. The van der Waals surface area contributed by atoms with Crippen LogP contribution in [0, 0.1) is 0 Å². The Morgan fingerprint density at radius 3 is 2.23 bits per heavy atom. The van der Waals surface area contributed by atoms with E-state index in [0.29, 0.717) is 0 Å². The fraction of sp³-hybridized carbons (Fsp3) is 0.529. The Labute approximate surface area is 149 Å². The number of aliphatic hydroxyl groups is 1. The third-order valence-electron chi connectivity index (χ3n) is 3.34. The third kappa shape index (κ3) is 5.91. The van der Waals surface area contributed by atoms with Gasteiger partial charge in [0.05, 0.1) is 13.7 Å². The van der Waals surface area contributed by atoms with Gasteiger partial charge in [-0.05, 0) is 26.8 Å². The second kappa shape index (κ2) is 8.39. The maximum absolute atomic E-state index is 12.7. The van der Waals surface area contributed by atoms with Gasteiger partial charge in [0, 0.05) is 11.5 Å². The molecule has 6 nitrogen and oxygen atoms in total. The van der Waals surface area contributed by atoms with Gasteiger partial charge in [-0.15, -0.1) is 0 Å². The molecule has 0 saturated heterocycles. The molecule has 0 spiro atoms. The zero-order valence-electron chi connectivity index (χ0n) is 14.9. The summed E-state index contributed by atoms with van der Waals surface area (Å²) in [5.41, 5.74) is -0.741. The first kappa shape index (κ1) is 21.8. The van der Waals surface area contributed by atoms with Crippen LogP contribution in [0.5, 0.6) is 5.75 Å². The topological polar surface area (TPSA) is 84.9 Å². The first-order chi connectivity index (χ1) is 11.9. The largest absolute Gasteiger partial charge is 0.496 e. The number of aliphatic hydroxyl groups excluding tert-OH is 1. The van der Waals surface area contributed by atoms with Crippen LogP contribution in [0.1, 0.15) is 32.3 Å². The van der Waals surface area contributed by atoms with Crippen molar-refractivity contribution in [2.75, 3.05) is 13.7 Å². The number of nitrogens with one attached hydrogen (secondary N) is 1. The van der Waals surface area contributed by atoms with Crippen molar-refractivity contribution in [1.29, 1.82) is 0 Å². The van der Waals surface area contributed by atoms with Crippen molar-refractivity contribution < 1.29 is 37.3 Å². The van der Waals surface area contributed by atoms with E-state index in [0.717, 1.165) is 0 Å². The molecule has 0 heterocycles. The molecule has 0 radical (unpaired) electrons. The lowest BCUT2D eigenvalue weighted by molar-refractivity contribution is -0.177. The fourth-order valence-electron chi connectivity index (χ4n) is 2.27. The molecule has 0 aliphatic carbocycles. The van der Waals surface area contributed by atoms with Crippen molar-refractivity contribution in [1.82, 2.24) is 5.32 Å². The van der Waals surface area contributed by atoms with E-state index in [-0.39, 0.29) is 11.3 Å². The number of rotatable bonds is 6. The number of hydrogen-bond acceptors (Lipinski definition) is 5. The summed E-state index contributed by atoms with van der Waals surface area (Å²) in [6.07, 6.45) is -5.19. The second-order valence-corrected chi connectivity index (χ2v) is 6.51. The summed E-state index contributed by atoms with van der Waals surface area (Å²) in [4.78, 5) is 23.8. The first-order valence-corrected chi connectivity index (χ1v) is 7.75. The van der Waals surface area contributed by atoms with E-state index in [4.69, 9.17) is 9.47 Å². The summed E-state index contributed by atoms with van der Waals surface area (Å²) >= 11 is 0. The number of ether oxygens (including phenoxy) is 2. The normalized spacial score (nSPS) is 14.3. The second-order valence-electron chi connectivity index (χ2n) is 6.51. The van der Waals surface area contributed by atoms with Crippen molar-refractivity contribution in [3.8, 4) is 5.75 Å². The van der Waals surface area contributed by atoms with Crippen molar-refractivity contribution in [3.63, 3.8) is 0 Å². The molecule has 9 heteroatoms. The molecule has 0 bridgehead atoms. The summed E-state index contributed by atoms with van der Waals surface area (Å²) in [5, 5.41) is 11.4. The van der Waals surface area contributed by atoms with Crippen molar-refractivity contribution in [3.05, 3.63) is 29.8 Å². The van der Waals surface area contributed by atoms with Gasteiger partial charge in [-0.3, -0.25) is 4.79 Å². The Bertz CT molecular complexity index is 640. The summed E-state index contributed by atoms with van der Waals surface area (Å²) in [6, 6.07) is 4.43. The molecule has 1 aromatic rings. The van der Waals surface area contributed by atoms with Crippen LogP contribution in [0.25, 0.3) is 0 Å². The fourth-order valence-corrected chi connectivity index (χ4v) is 2.27. The van der Waals surface area contributed by atoms with Crippen LogP contribution in [-0.2, 0) is 14.3 Å². The number of hydrogen-bond donors (Lipinski definition) is 2. The van der Waals surface area contributed by atoms with E-state index in [9.17, 15) is 27.9 Å². The van der Waals surface area contributed by atoms with Crippen LogP contribution >= 0.6 is 0 Å². The van der Waals surface area contributed by atoms with E-state index in [1.165, 1.54) is 40.0 Å². The Hall–Kier alpha value is -2.29. The highest BCUT2D eigenvalue weighted by molar-refractivity contribution is 5.88. The minimum absolute atomic E-state index is 0.251. The average Bonchev–Trinajstić information content (AvgIpc) is 2.52. The van der Waals surface area contributed by atoms with Crippen molar-refractivity contribution in [2.24, 2.45) is 0 Å². The number of benzene rings is 1. The number of halogens is 3. The Kier molecular flexibility index (Phi) is 7.02. The number of methoxy groups -OCH3 is 1. The number of esters is 1. The molecule has 0 fully saturated rings. The predicted molar refractivity (Wildman–Crippen MR) is 86.7 cm³/mol. The summed E-state index contributed by atoms with van der Waals surface area (Å²) in [6.45, 7) is 3.88. The Balaban J connectivity index is 3.31. The summed E-state index contributed by atoms with van der Waals surface area (Å²) < 4.78 is 48.3. The van der Waals surface area contributed by atoms with Crippen LogP contribution in [0.15, 0.2) is 24.3 Å². The molecule has 0 aromatic heterocycles. The molecule has 0 unspecified atom stereocenters. The average molecular weight is 377 g/mol. The zero-order chi connectivity index (χ0) is 20.1. The van der Waals surface area contributed by atoms with E-state index in [1.54, 1.807) is 17.4 Å². The molecule has 1 rings (SSSR count). The molecule has 2 N–H and O–H groups in total. The van der Waals surface area contributed by atoms with Gasteiger partial charge in [0.15, 0.2) is 0 Å². The van der Waals surface area contributed by atoms with Gasteiger partial charge < -0.3 is 19.9 Å². The van der Waals surface area contributed by atoms with Gasteiger partial charge in [0.1, 0.15) is 17.4 Å². The molecule has 1 amide bonds. The minimum atomic E-state index is -5.19. The molecular formula is C17H22F3NO5. The van der Waals surface area contributed by atoms with Gasteiger partial charge in [-0.1, -0.05) is 18.2 Å². The molecule has 26 heavy (non-hydrogen) atoms. The number of carbonyl (C=O) groups excluding carboxylic acids is 2. The minimum Gasteiger partial charge on any atom is -0.496 e. The van der Waals surface area contributed by atoms with Crippen LogP contribution in [0.4, 0.5) is 13.2 Å². The van der Waals surface area contributed by atoms with Gasteiger partial charge in [-0.2, -0.15) is 13.2 Å². The number of para-hydroxylation sites is 1. The van der Waals surface area contributed by atoms with Crippen LogP contribution in [0.3, 0.4) is 0 Å². The quantitative estimate of drug-likeness (QED) is 0.742. The molecule has 0 aliphatic rings. The van der Waals surface area contributed by atoms with Crippen LogP contribution in [-0.4, -0.2) is 48.5 Å². The lowest BCUT2D eigenvalue weighted by atomic mass is 9.91. The Morgan fingerprint density at radius 2 is 1.77 bits per heavy atom. The molecule has 2 atom stereocenters. The number of carbonyl (C=O) groups is 2. The standard InChI is InChI=1S/C17H22F3NO5/c1-16(2,3)26-14(23)13(21-15(24)17(18,19)20)11(9-22)10-7-5-6-8-12(10)25-4/h5-8,11,13,22H,9H2,1-4H3,(H,21,24)/t11-,13+/m1/s1. The molecular weight excluding hydrogens is 355 g/mol. The number of amides is 1. The van der Waals surface area contributed by atoms with Crippen molar-refractivity contribution in [2.45, 2.75) is 44.5 Å². The van der Waals surface area contributed by atoms with E-state index >= 15 is 0 Å². The summed E-state index contributed by atoms with van der Waals surface area (Å²) in [7, 11) is 1.34. The van der Waals surface area contributed by atoms with Gasteiger partial charge in [-0.25, -0.2) is 4.79 Å². The zero-order valence-corrected chi connectivity index (χ0v) is 14.9. The molecule has 1 aromatic carbocycles. The molecule has 0 saturated carbocycles. The van der Waals surface area contributed by atoms with Crippen molar-refractivity contribution >= 4 is 11.9 Å². The lowest BCUT2D eigenvalue weighted by Crippen LogP contribution is -2.52. The maximum atomic E-state index is 12.7. The summed E-state index contributed by atoms with van der Waals surface area (Å²) in [5.74, 6) is -4.35. The molecule has 0 aliphatic heterocycles. The molecule has 146 valence electrons. The van der Waals surface area contributed by atoms with E-state index in [2.05, 4.69) is 0 Å². The predicted octanol–water partition coefficient (Wildman–Crippen LogP) is 2.16. The Morgan fingerprint density at radius 1 is 1.19 bits per heavy atom. The maximum Gasteiger partial charge on any atom is 0.471 e. The van der Waals surface area contributed by atoms with E-state index < -0.39 is 42.2 Å². The monoisotopic (exact) mass is 377 g/mol. The van der Waals surface area contributed by atoms with Gasteiger partial charge in [0.2, 0.25) is 0 Å². The lowest BCUT2D eigenvalue weighted by Gasteiger charge is -2.30. The number of alkyl halides is 3. The highest BCUT2D eigenvalue weighted by atomic mass is 19.4. The van der Waals surface area contributed by atoms with Gasteiger partial charge >= 0.3 is 18.1 Å². The van der Waals surface area contributed by atoms with Crippen LogP contribution < -0.4 is 10.1 Å².